The van der Waals surface area contributed by atoms with Gasteiger partial charge in [0, 0.05) is 50.8 Å². The van der Waals surface area contributed by atoms with E-state index >= 15 is 0 Å². The molecule has 0 spiro atoms. The Hall–Kier alpha value is -2.25. The van der Waals surface area contributed by atoms with Gasteiger partial charge >= 0.3 is 0 Å². The maximum Gasteiger partial charge on any atom is 0.271 e. The van der Waals surface area contributed by atoms with Gasteiger partial charge in [-0.2, -0.15) is 5.10 Å². The molecule has 2 fully saturated rings. The number of amides is 1. The van der Waals surface area contributed by atoms with E-state index in [1.807, 2.05) is 29.3 Å². The monoisotopic (exact) mass is 368 g/mol. The quantitative estimate of drug-likeness (QED) is 0.838. The minimum absolute atomic E-state index is 0.0508. The van der Waals surface area contributed by atoms with E-state index < -0.39 is 0 Å². The number of aromatic nitrogens is 3. The molecule has 1 atom stereocenters. The van der Waals surface area contributed by atoms with Crippen LogP contribution >= 0.6 is 0 Å². The Morgan fingerprint density at radius 1 is 1.19 bits per heavy atom. The fourth-order valence-electron chi connectivity index (χ4n) is 3.96. The van der Waals surface area contributed by atoms with Crippen molar-refractivity contribution in [2.24, 2.45) is 0 Å². The summed E-state index contributed by atoms with van der Waals surface area (Å²) in [6.45, 7) is 4.94. The SMILES string of the molecule is O=C(NC1CCN(Cc2ccncc2)CC1)c1ccn(C2CCCNC2)n1. The molecule has 0 bridgehead atoms. The molecule has 2 aromatic rings. The average molecular weight is 368 g/mol. The summed E-state index contributed by atoms with van der Waals surface area (Å²) in [5.41, 5.74) is 1.81. The molecule has 4 rings (SSSR count). The third-order valence-corrected chi connectivity index (χ3v) is 5.56. The van der Waals surface area contributed by atoms with Crippen LogP contribution in [0.4, 0.5) is 0 Å². The minimum Gasteiger partial charge on any atom is -0.348 e. The zero-order valence-corrected chi connectivity index (χ0v) is 15.7. The van der Waals surface area contributed by atoms with Crippen LogP contribution in [0.2, 0.25) is 0 Å². The second-order valence-electron chi connectivity index (χ2n) is 7.56. The van der Waals surface area contributed by atoms with Gasteiger partial charge in [0.2, 0.25) is 0 Å². The Bertz CT molecular complexity index is 732. The average Bonchev–Trinajstić information content (AvgIpc) is 3.21. The first-order valence-corrected chi connectivity index (χ1v) is 9.96. The smallest absolute Gasteiger partial charge is 0.271 e. The van der Waals surface area contributed by atoms with Crippen molar-refractivity contribution in [3.63, 3.8) is 0 Å². The standard InChI is InChI=1S/C20H28N6O/c27-20(19-7-13-26(24-19)18-2-1-8-22-14-18)23-17-5-11-25(12-6-17)15-16-3-9-21-10-4-16/h3-4,7,9-10,13,17-18,22H,1-2,5-6,8,11-12,14-15H2,(H,23,27). The van der Waals surface area contributed by atoms with E-state index in [-0.39, 0.29) is 11.9 Å². The van der Waals surface area contributed by atoms with Crippen molar-refractivity contribution in [3.05, 3.63) is 48.0 Å². The molecule has 2 aliphatic rings. The van der Waals surface area contributed by atoms with Gasteiger partial charge in [-0.3, -0.25) is 19.4 Å². The molecule has 1 unspecified atom stereocenters. The molecule has 2 aliphatic heterocycles. The summed E-state index contributed by atoms with van der Waals surface area (Å²) < 4.78 is 1.94. The second kappa shape index (κ2) is 8.63. The molecular formula is C20H28N6O. The summed E-state index contributed by atoms with van der Waals surface area (Å²) in [5.74, 6) is -0.0508. The number of rotatable bonds is 5. The van der Waals surface area contributed by atoms with Crippen LogP contribution in [-0.4, -0.2) is 57.8 Å². The first kappa shape index (κ1) is 18.1. The molecule has 4 heterocycles. The van der Waals surface area contributed by atoms with Crippen LogP contribution in [-0.2, 0) is 6.54 Å². The summed E-state index contributed by atoms with van der Waals surface area (Å²) in [6.07, 6.45) is 9.84. The largest absolute Gasteiger partial charge is 0.348 e. The molecule has 0 saturated carbocycles. The molecular weight excluding hydrogens is 340 g/mol. The van der Waals surface area contributed by atoms with Crippen LogP contribution in [0, 0.1) is 0 Å². The van der Waals surface area contributed by atoms with Crippen molar-refractivity contribution in [2.45, 2.75) is 44.3 Å². The number of pyridine rings is 1. The van der Waals surface area contributed by atoms with E-state index in [1.165, 1.54) is 5.56 Å². The van der Waals surface area contributed by atoms with Gasteiger partial charge in [0.15, 0.2) is 0 Å². The zero-order valence-electron chi connectivity index (χ0n) is 15.7. The first-order valence-electron chi connectivity index (χ1n) is 9.96. The number of carbonyl (C=O) groups is 1. The van der Waals surface area contributed by atoms with Crippen LogP contribution in [0.25, 0.3) is 0 Å². The number of hydrogen-bond donors (Lipinski definition) is 2. The summed E-state index contributed by atoms with van der Waals surface area (Å²) >= 11 is 0. The molecule has 2 aromatic heterocycles. The molecule has 144 valence electrons. The van der Waals surface area contributed by atoms with E-state index in [1.54, 1.807) is 0 Å². The Morgan fingerprint density at radius 3 is 2.74 bits per heavy atom. The van der Waals surface area contributed by atoms with Gasteiger partial charge in [-0.1, -0.05) is 0 Å². The second-order valence-corrected chi connectivity index (χ2v) is 7.56. The molecule has 7 heteroatoms. The van der Waals surface area contributed by atoms with Crippen molar-refractivity contribution in [1.82, 2.24) is 30.3 Å². The highest BCUT2D eigenvalue weighted by atomic mass is 16.2. The van der Waals surface area contributed by atoms with Crippen LogP contribution in [0.5, 0.6) is 0 Å². The van der Waals surface area contributed by atoms with Crippen LogP contribution in [0.1, 0.15) is 47.8 Å². The lowest BCUT2D eigenvalue weighted by molar-refractivity contribution is 0.0902. The molecule has 0 aliphatic carbocycles. The van der Waals surface area contributed by atoms with Crippen LogP contribution < -0.4 is 10.6 Å². The molecule has 0 aromatic carbocycles. The number of likely N-dealkylation sites (tertiary alicyclic amines) is 1. The number of carbonyl (C=O) groups excluding carboxylic acids is 1. The fraction of sp³-hybridized carbons (Fsp3) is 0.550. The predicted octanol–water partition coefficient (Wildman–Crippen LogP) is 1.60. The maximum absolute atomic E-state index is 12.6. The lowest BCUT2D eigenvalue weighted by atomic mass is 10.0. The molecule has 2 N–H and O–H groups in total. The van der Waals surface area contributed by atoms with Crippen LogP contribution in [0.15, 0.2) is 36.8 Å². The molecule has 2 saturated heterocycles. The van der Waals surface area contributed by atoms with Gasteiger partial charge in [-0.05, 0) is 56.0 Å². The third kappa shape index (κ3) is 4.73. The maximum atomic E-state index is 12.6. The van der Waals surface area contributed by atoms with E-state index in [0.29, 0.717) is 11.7 Å². The van der Waals surface area contributed by atoms with Crippen molar-refractivity contribution < 1.29 is 4.79 Å². The Morgan fingerprint density at radius 2 is 2.00 bits per heavy atom. The normalized spacial score (nSPS) is 21.9. The highest BCUT2D eigenvalue weighted by Crippen LogP contribution is 2.17. The predicted molar refractivity (Wildman–Crippen MR) is 103 cm³/mol. The summed E-state index contributed by atoms with van der Waals surface area (Å²) in [6, 6.07) is 6.55. The topological polar surface area (TPSA) is 75.1 Å². The summed E-state index contributed by atoms with van der Waals surface area (Å²) in [5, 5.41) is 11.1. The highest BCUT2D eigenvalue weighted by molar-refractivity contribution is 5.92. The summed E-state index contributed by atoms with van der Waals surface area (Å²) in [7, 11) is 0. The minimum atomic E-state index is -0.0508. The Labute approximate surface area is 160 Å². The van der Waals surface area contributed by atoms with Crippen molar-refractivity contribution in [1.29, 1.82) is 0 Å². The van der Waals surface area contributed by atoms with E-state index in [4.69, 9.17) is 0 Å². The number of hydrogen-bond acceptors (Lipinski definition) is 5. The van der Waals surface area contributed by atoms with E-state index in [0.717, 1.165) is 58.4 Å². The molecule has 1 amide bonds. The van der Waals surface area contributed by atoms with E-state index in [9.17, 15) is 4.79 Å². The highest BCUT2D eigenvalue weighted by Gasteiger charge is 2.23. The van der Waals surface area contributed by atoms with Gasteiger partial charge < -0.3 is 10.6 Å². The fourth-order valence-corrected chi connectivity index (χ4v) is 3.96. The lowest BCUT2D eigenvalue weighted by Crippen LogP contribution is -2.44. The molecule has 27 heavy (non-hydrogen) atoms. The molecule has 0 radical (unpaired) electrons. The van der Waals surface area contributed by atoms with Crippen LogP contribution in [0.3, 0.4) is 0 Å². The number of nitrogens with zero attached hydrogens (tertiary/aromatic N) is 4. The van der Waals surface area contributed by atoms with E-state index in [2.05, 4.69) is 37.7 Å². The lowest BCUT2D eigenvalue weighted by Gasteiger charge is -2.32. The van der Waals surface area contributed by atoms with Gasteiger partial charge in [-0.25, -0.2) is 0 Å². The Balaban J connectivity index is 1.25. The van der Waals surface area contributed by atoms with Gasteiger partial charge in [0.25, 0.3) is 5.91 Å². The number of nitrogens with one attached hydrogen (secondary N) is 2. The zero-order chi connectivity index (χ0) is 18.5. The van der Waals surface area contributed by atoms with Crippen molar-refractivity contribution in [3.8, 4) is 0 Å². The Kier molecular flexibility index (Phi) is 5.79. The number of piperidine rings is 2. The van der Waals surface area contributed by atoms with Gasteiger partial charge in [0.05, 0.1) is 6.04 Å². The first-order chi connectivity index (χ1) is 13.3. The van der Waals surface area contributed by atoms with Crippen molar-refractivity contribution in [2.75, 3.05) is 26.2 Å². The molecule has 7 nitrogen and oxygen atoms in total. The third-order valence-electron chi connectivity index (χ3n) is 5.56. The van der Waals surface area contributed by atoms with Gasteiger partial charge in [-0.15, -0.1) is 0 Å². The van der Waals surface area contributed by atoms with Gasteiger partial charge in [0.1, 0.15) is 5.69 Å². The van der Waals surface area contributed by atoms with Crippen molar-refractivity contribution >= 4 is 5.91 Å². The summed E-state index contributed by atoms with van der Waals surface area (Å²) in [4.78, 5) is 19.1.